The Hall–Kier alpha value is -2.51. The van der Waals surface area contributed by atoms with Gasteiger partial charge in [-0.25, -0.2) is 4.98 Å². The highest BCUT2D eigenvalue weighted by Crippen LogP contribution is 2.07. The van der Waals surface area contributed by atoms with Gasteiger partial charge in [-0.2, -0.15) is 0 Å². The van der Waals surface area contributed by atoms with Crippen LogP contribution in [0, 0.1) is 6.92 Å². The maximum Gasteiger partial charge on any atom is 0.275 e. The van der Waals surface area contributed by atoms with Crippen molar-refractivity contribution in [2.75, 3.05) is 13.1 Å². The Labute approximate surface area is 156 Å². The van der Waals surface area contributed by atoms with Crippen LogP contribution in [0.15, 0.2) is 46.6 Å². The Morgan fingerprint density at radius 1 is 1.31 bits per heavy atom. The molecule has 0 spiro atoms. The second-order valence-electron chi connectivity index (χ2n) is 6.26. The molecule has 0 aromatic carbocycles. The normalized spacial score (nSPS) is 12.2. The number of carbonyl (C=O) groups excluding carboxylic acids is 1. The fourth-order valence-corrected chi connectivity index (χ4v) is 3.56. The van der Waals surface area contributed by atoms with E-state index in [4.69, 9.17) is 0 Å². The van der Waals surface area contributed by atoms with Crippen molar-refractivity contribution in [2.24, 2.45) is 0 Å². The number of rotatable bonds is 7. The lowest BCUT2D eigenvalue weighted by atomic mass is 10.3. The van der Waals surface area contributed by atoms with Crippen molar-refractivity contribution in [3.8, 4) is 0 Å². The van der Waals surface area contributed by atoms with Gasteiger partial charge in [-0.15, -0.1) is 11.3 Å². The van der Waals surface area contributed by atoms with Gasteiger partial charge >= 0.3 is 0 Å². The second kappa shape index (κ2) is 8.25. The average Bonchev–Trinajstić information content (AvgIpc) is 3.12. The van der Waals surface area contributed by atoms with Gasteiger partial charge in [0.05, 0.1) is 13.1 Å². The van der Waals surface area contributed by atoms with Gasteiger partial charge < -0.3 is 10.2 Å². The number of carbonyl (C=O) groups is 1. The number of hydrogen-bond acceptors (Lipinski definition) is 4. The summed E-state index contributed by atoms with van der Waals surface area (Å²) in [6.45, 7) is 6.15. The molecule has 136 valence electrons. The van der Waals surface area contributed by atoms with Crippen LogP contribution in [0.3, 0.4) is 0 Å². The third-order valence-corrected chi connectivity index (χ3v) is 5.19. The SMILES string of the molecule is CC[NH+](CC(=O)NCc1cccs1)Cc1cc(=O)n2c(C)cccc2n1. The van der Waals surface area contributed by atoms with E-state index in [-0.39, 0.29) is 11.5 Å². The third-order valence-electron chi connectivity index (χ3n) is 4.31. The molecule has 0 saturated heterocycles. The molecular formula is C19H23N4O2S+. The van der Waals surface area contributed by atoms with E-state index in [1.165, 1.54) is 0 Å². The van der Waals surface area contributed by atoms with Crippen molar-refractivity contribution in [2.45, 2.75) is 26.9 Å². The van der Waals surface area contributed by atoms with Crippen LogP contribution in [-0.2, 0) is 17.9 Å². The van der Waals surface area contributed by atoms with Crippen molar-refractivity contribution < 1.29 is 9.69 Å². The zero-order chi connectivity index (χ0) is 18.5. The van der Waals surface area contributed by atoms with Crippen LogP contribution in [0.5, 0.6) is 0 Å². The van der Waals surface area contributed by atoms with Gasteiger partial charge in [0.25, 0.3) is 11.5 Å². The zero-order valence-electron chi connectivity index (χ0n) is 15.0. The van der Waals surface area contributed by atoms with Crippen molar-refractivity contribution >= 4 is 22.9 Å². The maximum atomic E-state index is 12.4. The number of fused-ring (bicyclic) bond motifs is 1. The highest BCUT2D eigenvalue weighted by Gasteiger charge is 2.15. The van der Waals surface area contributed by atoms with Gasteiger partial charge in [-0.05, 0) is 37.4 Å². The van der Waals surface area contributed by atoms with Crippen LogP contribution >= 0.6 is 11.3 Å². The molecule has 3 aromatic heterocycles. The first kappa shape index (κ1) is 18.3. The minimum Gasteiger partial charge on any atom is -0.346 e. The van der Waals surface area contributed by atoms with Gasteiger partial charge in [0, 0.05) is 16.6 Å². The summed E-state index contributed by atoms with van der Waals surface area (Å²) in [7, 11) is 0. The summed E-state index contributed by atoms with van der Waals surface area (Å²) in [5.41, 5.74) is 2.13. The Bertz CT molecular complexity index is 950. The summed E-state index contributed by atoms with van der Waals surface area (Å²) in [5, 5.41) is 4.95. The minimum absolute atomic E-state index is 0.00334. The maximum absolute atomic E-state index is 12.4. The summed E-state index contributed by atoms with van der Waals surface area (Å²) >= 11 is 1.63. The molecule has 3 heterocycles. The molecule has 2 N–H and O–H groups in total. The number of aromatic nitrogens is 2. The Balaban J connectivity index is 1.67. The number of pyridine rings is 1. The lowest BCUT2D eigenvalue weighted by Crippen LogP contribution is -3.11. The number of quaternary nitrogens is 1. The van der Waals surface area contributed by atoms with Crippen LogP contribution in [-0.4, -0.2) is 28.4 Å². The highest BCUT2D eigenvalue weighted by molar-refractivity contribution is 7.09. The van der Waals surface area contributed by atoms with E-state index in [9.17, 15) is 9.59 Å². The molecule has 0 bridgehead atoms. The molecule has 6 nitrogen and oxygen atoms in total. The summed E-state index contributed by atoms with van der Waals surface area (Å²) in [5.74, 6) is 0.00334. The molecule has 0 aliphatic carbocycles. The molecule has 0 fully saturated rings. The molecule has 3 aromatic rings. The van der Waals surface area contributed by atoms with Crippen LogP contribution < -0.4 is 15.8 Å². The Morgan fingerprint density at radius 3 is 2.88 bits per heavy atom. The fourth-order valence-electron chi connectivity index (χ4n) is 2.91. The lowest BCUT2D eigenvalue weighted by molar-refractivity contribution is -0.904. The summed E-state index contributed by atoms with van der Waals surface area (Å²) in [4.78, 5) is 31.4. The molecule has 0 aliphatic heterocycles. The van der Waals surface area contributed by atoms with Gasteiger partial charge in [0.1, 0.15) is 17.9 Å². The number of aryl methyl sites for hydroxylation is 1. The number of nitrogens with zero attached hydrogens (tertiary/aromatic N) is 2. The molecule has 0 aliphatic rings. The first-order chi connectivity index (χ1) is 12.6. The zero-order valence-corrected chi connectivity index (χ0v) is 15.8. The van der Waals surface area contributed by atoms with Crippen LogP contribution in [0.4, 0.5) is 0 Å². The number of nitrogens with one attached hydrogen (secondary N) is 2. The van der Waals surface area contributed by atoms with Crippen molar-refractivity contribution in [1.82, 2.24) is 14.7 Å². The summed E-state index contributed by atoms with van der Waals surface area (Å²) in [6, 6.07) is 11.2. The Morgan fingerprint density at radius 2 is 2.15 bits per heavy atom. The molecule has 7 heteroatoms. The first-order valence-electron chi connectivity index (χ1n) is 8.67. The van der Waals surface area contributed by atoms with Gasteiger partial charge in [-0.3, -0.25) is 14.0 Å². The third kappa shape index (κ3) is 4.36. The quantitative estimate of drug-likeness (QED) is 0.645. The average molecular weight is 371 g/mol. The van der Waals surface area contributed by atoms with Crippen LogP contribution in [0.2, 0.25) is 0 Å². The molecule has 0 saturated carbocycles. The molecular weight excluding hydrogens is 348 g/mol. The van der Waals surface area contributed by atoms with E-state index in [2.05, 4.69) is 10.3 Å². The fraction of sp³-hybridized carbons (Fsp3) is 0.316. The predicted molar refractivity (Wildman–Crippen MR) is 102 cm³/mol. The summed E-state index contributed by atoms with van der Waals surface area (Å²) in [6.07, 6.45) is 0. The number of amides is 1. The molecule has 1 unspecified atom stereocenters. The number of thiophene rings is 1. The standard InChI is InChI=1S/C19H22N4O2S/c1-3-22(13-18(24)20-11-16-7-5-9-26-16)12-15-10-19(25)23-14(2)6-4-8-17(23)21-15/h4-10H,3,11-13H2,1-2H3,(H,20,24)/p+1. The van der Waals surface area contributed by atoms with E-state index in [0.717, 1.165) is 22.0 Å². The number of hydrogen-bond donors (Lipinski definition) is 2. The smallest absolute Gasteiger partial charge is 0.275 e. The molecule has 1 atom stereocenters. The minimum atomic E-state index is -0.0827. The van der Waals surface area contributed by atoms with Gasteiger partial charge in [0.2, 0.25) is 0 Å². The molecule has 3 rings (SSSR count). The monoisotopic (exact) mass is 371 g/mol. The topological polar surface area (TPSA) is 67.9 Å². The van der Waals surface area contributed by atoms with Crippen LogP contribution in [0.1, 0.15) is 23.2 Å². The van der Waals surface area contributed by atoms with Crippen molar-refractivity contribution in [3.63, 3.8) is 0 Å². The van der Waals surface area contributed by atoms with Gasteiger partial charge in [-0.1, -0.05) is 12.1 Å². The molecule has 26 heavy (non-hydrogen) atoms. The largest absolute Gasteiger partial charge is 0.346 e. The van der Waals surface area contributed by atoms with Crippen LogP contribution in [0.25, 0.3) is 5.65 Å². The Kier molecular flexibility index (Phi) is 5.80. The molecule has 1 amide bonds. The molecule has 0 radical (unpaired) electrons. The lowest BCUT2D eigenvalue weighted by Gasteiger charge is -2.17. The van der Waals surface area contributed by atoms with E-state index in [0.29, 0.717) is 31.0 Å². The first-order valence-corrected chi connectivity index (χ1v) is 9.55. The van der Waals surface area contributed by atoms with Crippen molar-refractivity contribution in [3.05, 3.63) is 68.4 Å². The van der Waals surface area contributed by atoms with Crippen molar-refractivity contribution in [1.29, 1.82) is 0 Å². The van der Waals surface area contributed by atoms with E-state index < -0.39 is 0 Å². The highest BCUT2D eigenvalue weighted by atomic mass is 32.1. The van der Waals surface area contributed by atoms with E-state index in [1.807, 2.05) is 49.6 Å². The van der Waals surface area contributed by atoms with E-state index >= 15 is 0 Å². The number of likely N-dealkylation sites (N-methyl/N-ethyl adjacent to an activating group) is 1. The van der Waals surface area contributed by atoms with Gasteiger partial charge in [0.15, 0.2) is 6.54 Å². The predicted octanol–water partition coefficient (Wildman–Crippen LogP) is 0.786. The second-order valence-corrected chi connectivity index (χ2v) is 7.29. The summed E-state index contributed by atoms with van der Waals surface area (Å²) < 4.78 is 1.60. The van der Waals surface area contributed by atoms with E-state index in [1.54, 1.807) is 21.8 Å².